The lowest BCUT2D eigenvalue weighted by Gasteiger charge is -2.36. The van der Waals surface area contributed by atoms with Crippen LogP contribution in [-0.2, 0) is 4.79 Å². The molecule has 0 bridgehead atoms. The van der Waals surface area contributed by atoms with E-state index in [1.54, 1.807) is 17.0 Å². The molecule has 1 heterocycles. The molecule has 1 aliphatic rings. The zero-order chi connectivity index (χ0) is 19.8. The van der Waals surface area contributed by atoms with Gasteiger partial charge in [-0.1, -0.05) is 11.6 Å². The highest BCUT2D eigenvalue weighted by Gasteiger charge is 2.29. The summed E-state index contributed by atoms with van der Waals surface area (Å²) in [5, 5.41) is 3.20. The molecule has 7 nitrogen and oxygen atoms in total. The molecule has 2 rings (SSSR count). The van der Waals surface area contributed by atoms with Crippen molar-refractivity contribution in [3.05, 3.63) is 22.7 Å². The highest BCUT2D eigenvalue weighted by Crippen LogP contribution is 2.37. The van der Waals surface area contributed by atoms with Crippen molar-refractivity contribution >= 4 is 35.8 Å². The van der Waals surface area contributed by atoms with Crippen LogP contribution in [0.4, 0.5) is 0 Å². The first-order valence-electron chi connectivity index (χ1n) is 9.29. The van der Waals surface area contributed by atoms with Crippen LogP contribution in [0.3, 0.4) is 0 Å². The third-order valence-electron chi connectivity index (χ3n) is 4.56. The molecule has 0 radical (unpaired) electrons. The zero-order valence-corrected chi connectivity index (χ0v) is 17.9. The van der Waals surface area contributed by atoms with Gasteiger partial charge in [0.15, 0.2) is 11.5 Å². The van der Waals surface area contributed by atoms with Crippen molar-refractivity contribution in [3.63, 3.8) is 0 Å². The zero-order valence-electron chi connectivity index (χ0n) is 16.3. The highest BCUT2D eigenvalue weighted by molar-refractivity contribution is 6.32. The first kappa shape index (κ1) is 24.3. The van der Waals surface area contributed by atoms with Crippen molar-refractivity contribution in [3.8, 4) is 11.5 Å². The van der Waals surface area contributed by atoms with Gasteiger partial charge in [-0.15, -0.1) is 12.4 Å². The third-order valence-corrected chi connectivity index (χ3v) is 4.84. The van der Waals surface area contributed by atoms with Gasteiger partial charge in [-0.3, -0.25) is 9.59 Å². The minimum atomic E-state index is -0.129. The number of amides is 2. The molecule has 9 heteroatoms. The molecule has 28 heavy (non-hydrogen) atoms. The normalized spacial score (nSPS) is 16.1. The Balaban J connectivity index is 0.00000392. The predicted octanol–water partition coefficient (Wildman–Crippen LogP) is 2.63. The van der Waals surface area contributed by atoms with Crippen LogP contribution in [-0.4, -0.2) is 56.1 Å². The average molecular weight is 434 g/mol. The lowest BCUT2D eigenvalue weighted by Crippen LogP contribution is -2.49. The van der Waals surface area contributed by atoms with E-state index in [0.717, 1.165) is 19.3 Å². The number of halogens is 2. The second kappa shape index (κ2) is 12.0. The Morgan fingerprint density at radius 2 is 2.11 bits per heavy atom. The first-order valence-corrected chi connectivity index (χ1v) is 9.67. The summed E-state index contributed by atoms with van der Waals surface area (Å²) in [5.41, 5.74) is 5.85. The van der Waals surface area contributed by atoms with Crippen LogP contribution in [0.15, 0.2) is 12.1 Å². The summed E-state index contributed by atoms with van der Waals surface area (Å²) in [6.45, 7) is 3.67. The molecule has 1 aromatic carbocycles. The predicted molar refractivity (Wildman–Crippen MR) is 112 cm³/mol. The maximum absolute atomic E-state index is 13.1. The number of likely N-dealkylation sites (tertiary alicyclic amines) is 1. The Morgan fingerprint density at radius 3 is 2.75 bits per heavy atom. The van der Waals surface area contributed by atoms with Crippen molar-refractivity contribution in [1.29, 1.82) is 0 Å². The molecular formula is C19H29Cl2N3O4. The minimum Gasteiger partial charge on any atom is -0.493 e. The van der Waals surface area contributed by atoms with Gasteiger partial charge in [-0.05, 0) is 38.3 Å². The van der Waals surface area contributed by atoms with Gasteiger partial charge in [0.1, 0.15) is 0 Å². The summed E-state index contributed by atoms with van der Waals surface area (Å²) >= 11 is 6.30. The number of hydrogen-bond donors (Lipinski definition) is 2. The lowest BCUT2D eigenvalue weighted by atomic mass is 10.0. The van der Waals surface area contributed by atoms with Crippen LogP contribution in [0.2, 0.25) is 5.02 Å². The molecule has 0 aliphatic carbocycles. The van der Waals surface area contributed by atoms with E-state index in [1.165, 1.54) is 7.11 Å². The van der Waals surface area contributed by atoms with Crippen molar-refractivity contribution in [2.45, 2.75) is 38.6 Å². The van der Waals surface area contributed by atoms with E-state index >= 15 is 0 Å². The fourth-order valence-electron chi connectivity index (χ4n) is 3.22. The van der Waals surface area contributed by atoms with Gasteiger partial charge in [-0.2, -0.15) is 0 Å². The number of nitrogens with two attached hydrogens (primary N) is 1. The van der Waals surface area contributed by atoms with Crippen molar-refractivity contribution in [2.24, 2.45) is 5.73 Å². The molecule has 0 aromatic heterocycles. The van der Waals surface area contributed by atoms with Gasteiger partial charge in [0.05, 0.1) is 18.7 Å². The van der Waals surface area contributed by atoms with Crippen LogP contribution in [0, 0.1) is 0 Å². The molecule has 1 unspecified atom stereocenters. The number of benzene rings is 1. The molecule has 1 fully saturated rings. The summed E-state index contributed by atoms with van der Waals surface area (Å²) in [5.74, 6) is 0.636. The van der Waals surface area contributed by atoms with E-state index in [-0.39, 0.29) is 36.7 Å². The molecule has 1 aromatic rings. The van der Waals surface area contributed by atoms with Crippen LogP contribution >= 0.6 is 24.0 Å². The summed E-state index contributed by atoms with van der Waals surface area (Å²) < 4.78 is 10.8. The Bertz CT molecular complexity index is 673. The highest BCUT2D eigenvalue weighted by atomic mass is 35.5. The summed E-state index contributed by atoms with van der Waals surface area (Å²) in [7, 11) is 1.51. The Labute approximate surface area is 177 Å². The Morgan fingerprint density at radius 1 is 1.36 bits per heavy atom. The molecule has 3 N–H and O–H groups in total. The number of methoxy groups -OCH3 is 1. The van der Waals surface area contributed by atoms with E-state index in [1.807, 2.05) is 6.92 Å². The minimum absolute atomic E-state index is 0. The van der Waals surface area contributed by atoms with Crippen LogP contribution in [0.5, 0.6) is 11.5 Å². The van der Waals surface area contributed by atoms with E-state index in [9.17, 15) is 9.59 Å². The topological polar surface area (TPSA) is 93.9 Å². The second-order valence-corrected chi connectivity index (χ2v) is 6.82. The maximum atomic E-state index is 13.1. The van der Waals surface area contributed by atoms with Crippen LogP contribution < -0.4 is 20.5 Å². The third kappa shape index (κ3) is 6.15. The summed E-state index contributed by atoms with van der Waals surface area (Å²) in [6, 6.07) is 3.21. The van der Waals surface area contributed by atoms with E-state index in [4.69, 9.17) is 26.8 Å². The van der Waals surface area contributed by atoms with Gasteiger partial charge in [0.25, 0.3) is 5.91 Å². The van der Waals surface area contributed by atoms with Gasteiger partial charge in [0.2, 0.25) is 5.91 Å². The maximum Gasteiger partial charge on any atom is 0.254 e. The van der Waals surface area contributed by atoms with Gasteiger partial charge >= 0.3 is 0 Å². The number of nitrogens with one attached hydrogen (secondary N) is 1. The molecule has 2 amide bonds. The standard InChI is InChI=1S/C19H28ClN3O4.ClH/c1-3-27-18-15(20)10-13(11-16(18)26-2)19(25)23-9-5-4-6-14(23)12-22-17(24)7-8-21;/h10-11,14H,3-9,12,21H2,1-2H3,(H,22,24);1H. The quantitative estimate of drug-likeness (QED) is 0.656. The van der Waals surface area contributed by atoms with E-state index in [0.29, 0.717) is 48.3 Å². The molecule has 1 saturated heterocycles. The first-order chi connectivity index (χ1) is 13.0. The molecular weight excluding hydrogens is 405 g/mol. The van der Waals surface area contributed by atoms with Crippen LogP contribution in [0.25, 0.3) is 0 Å². The number of piperidine rings is 1. The van der Waals surface area contributed by atoms with Gasteiger partial charge in [0, 0.05) is 37.7 Å². The van der Waals surface area contributed by atoms with Gasteiger partial charge in [-0.25, -0.2) is 0 Å². The van der Waals surface area contributed by atoms with Crippen molar-refractivity contribution < 1.29 is 19.1 Å². The molecule has 0 saturated carbocycles. The second-order valence-electron chi connectivity index (χ2n) is 6.41. The van der Waals surface area contributed by atoms with E-state index in [2.05, 4.69) is 5.32 Å². The summed E-state index contributed by atoms with van der Waals surface area (Å²) in [4.78, 5) is 26.6. The smallest absolute Gasteiger partial charge is 0.254 e. The van der Waals surface area contributed by atoms with Crippen molar-refractivity contribution in [2.75, 3.05) is 33.4 Å². The fraction of sp³-hybridized carbons (Fsp3) is 0.579. The molecule has 1 atom stereocenters. The molecule has 0 spiro atoms. The summed E-state index contributed by atoms with van der Waals surface area (Å²) in [6.07, 6.45) is 3.08. The largest absolute Gasteiger partial charge is 0.493 e. The van der Waals surface area contributed by atoms with E-state index < -0.39 is 0 Å². The Kier molecular flexibility index (Phi) is 10.4. The number of carbonyl (C=O) groups excluding carboxylic acids is 2. The number of ether oxygens (including phenoxy) is 2. The number of rotatable bonds is 8. The fourth-order valence-corrected chi connectivity index (χ4v) is 3.49. The number of nitrogens with zero attached hydrogens (tertiary/aromatic N) is 1. The number of hydrogen-bond acceptors (Lipinski definition) is 5. The monoisotopic (exact) mass is 433 g/mol. The molecule has 1 aliphatic heterocycles. The SMILES string of the molecule is CCOc1c(Cl)cc(C(=O)N2CCCCC2CNC(=O)CCN)cc1OC.Cl. The average Bonchev–Trinajstić information content (AvgIpc) is 2.67. The lowest BCUT2D eigenvalue weighted by molar-refractivity contribution is -0.121. The molecule has 158 valence electrons. The van der Waals surface area contributed by atoms with Gasteiger partial charge < -0.3 is 25.4 Å². The Hall–Kier alpha value is -1.70. The number of carbonyl (C=O) groups is 2. The van der Waals surface area contributed by atoms with Crippen molar-refractivity contribution in [1.82, 2.24) is 10.2 Å². The van der Waals surface area contributed by atoms with Crippen LogP contribution in [0.1, 0.15) is 43.0 Å².